The standard InChI is InChI=1S/C42H44N2O8/c45-33-13-5-11-31(22-33)41(49,29-8-2-1-3-9-29)39(47)52-38-26-44-20-17-35(38)36(24-44)28-7-4-10-30(21-28)42(50,32-12-6-14-34(46)23-32)40(48)51-37-25-43-18-15-27(37)16-19-43/h1-14,21-23,27,35-38,45-46,49-50H,15-20,24-26H2/t35?,36?,37-,38-,41-,42+/m0/s1. The van der Waals surface area contributed by atoms with E-state index in [-0.39, 0.29) is 46.5 Å². The molecule has 0 spiro atoms. The number of benzene rings is 4. The van der Waals surface area contributed by atoms with Crippen LogP contribution in [0.2, 0.25) is 0 Å². The van der Waals surface area contributed by atoms with Gasteiger partial charge in [-0.25, -0.2) is 9.59 Å². The molecule has 6 aliphatic rings. The van der Waals surface area contributed by atoms with Crippen LogP contribution in [-0.2, 0) is 30.3 Å². The van der Waals surface area contributed by atoms with Crippen molar-refractivity contribution in [1.29, 1.82) is 0 Å². The Hall–Kier alpha value is -4.74. The second-order valence-electron chi connectivity index (χ2n) is 14.9. The second kappa shape index (κ2) is 13.7. The fourth-order valence-electron chi connectivity index (χ4n) is 8.95. The maximum atomic E-state index is 14.2. The quantitative estimate of drug-likeness (QED) is 0.187. The molecule has 7 atom stereocenters. The minimum Gasteiger partial charge on any atom is -0.508 e. The molecule has 52 heavy (non-hydrogen) atoms. The zero-order chi connectivity index (χ0) is 36.0. The highest BCUT2D eigenvalue weighted by Crippen LogP contribution is 2.44. The molecular weight excluding hydrogens is 660 g/mol. The van der Waals surface area contributed by atoms with Gasteiger partial charge in [-0.1, -0.05) is 78.9 Å². The van der Waals surface area contributed by atoms with Crippen molar-refractivity contribution in [1.82, 2.24) is 9.80 Å². The Balaban J connectivity index is 1.09. The predicted molar refractivity (Wildman–Crippen MR) is 191 cm³/mol. The number of carbonyl (C=O) groups is 2. The van der Waals surface area contributed by atoms with E-state index in [2.05, 4.69) is 9.80 Å². The first kappa shape index (κ1) is 34.4. The summed E-state index contributed by atoms with van der Waals surface area (Å²) in [4.78, 5) is 32.8. The van der Waals surface area contributed by atoms with Crippen molar-refractivity contribution in [3.8, 4) is 11.5 Å². The molecule has 6 aliphatic heterocycles. The maximum Gasteiger partial charge on any atom is 0.348 e. The number of nitrogens with zero attached hydrogens (tertiary/aromatic N) is 2. The van der Waals surface area contributed by atoms with E-state index in [9.17, 15) is 30.0 Å². The highest BCUT2D eigenvalue weighted by Gasteiger charge is 2.50. The first-order valence-electron chi connectivity index (χ1n) is 18.2. The van der Waals surface area contributed by atoms with Crippen molar-refractivity contribution >= 4 is 11.9 Å². The minimum atomic E-state index is -2.19. The molecule has 6 heterocycles. The van der Waals surface area contributed by atoms with Gasteiger partial charge in [-0.3, -0.25) is 9.80 Å². The molecular formula is C42H44N2O8. The van der Waals surface area contributed by atoms with Crippen LogP contribution in [0.3, 0.4) is 0 Å². The molecule has 10 rings (SSSR count). The molecule has 0 radical (unpaired) electrons. The fourth-order valence-corrected chi connectivity index (χ4v) is 8.95. The van der Waals surface area contributed by atoms with E-state index in [1.165, 1.54) is 24.3 Å². The van der Waals surface area contributed by atoms with E-state index >= 15 is 0 Å². The van der Waals surface area contributed by atoms with Gasteiger partial charge in [-0.05, 0) is 85.8 Å². The van der Waals surface area contributed by atoms with Crippen LogP contribution in [0.4, 0.5) is 0 Å². The number of esters is 2. The molecule has 0 aliphatic carbocycles. The van der Waals surface area contributed by atoms with Crippen LogP contribution in [0.15, 0.2) is 103 Å². The third-order valence-electron chi connectivity index (χ3n) is 11.8. The number of aliphatic hydroxyl groups is 2. The number of fused-ring (bicyclic) bond motifs is 6. The Morgan fingerprint density at radius 3 is 1.67 bits per heavy atom. The van der Waals surface area contributed by atoms with Gasteiger partial charge in [-0.15, -0.1) is 0 Å². The molecule has 4 aromatic rings. The average molecular weight is 705 g/mol. The Bertz CT molecular complexity index is 1950. The zero-order valence-electron chi connectivity index (χ0n) is 28.9. The van der Waals surface area contributed by atoms with Gasteiger partial charge >= 0.3 is 11.9 Å². The van der Waals surface area contributed by atoms with Gasteiger partial charge in [0.2, 0.25) is 11.2 Å². The molecule has 4 aromatic carbocycles. The summed E-state index contributed by atoms with van der Waals surface area (Å²) in [7, 11) is 0. The topological polar surface area (TPSA) is 140 Å². The van der Waals surface area contributed by atoms with Crippen LogP contribution >= 0.6 is 0 Å². The Labute approximate surface area is 302 Å². The fraction of sp³-hybridized carbons (Fsp3) is 0.381. The highest BCUT2D eigenvalue weighted by molar-refractivity contribution is 5.86. The van der Waals surface area contributed by atoms with Crippen molar-refractivity contribution in [3.05, 3.63) is 131 Å². The summed E-state index contributed by atoms with van der Waals surface area (Å²) in [6.45, 7) is 4.60. The first-order chi connectivity index (χ1) is 25.1. The number of piperidine rings is 6. The van der Waals surface area contributed by atoms with E-state index in [4.69, 9.17) is 9.47 Å². The summed E-state index contributed by atoms with van der Waals surface area (Å²) >= 11 is 0. The molecule has 3 unspecified atom stereocenters. The van der Waals surface area contributed by atoms with Crippen molar-refractivity contribution in [2.24, 2.45) is 11.8 Å². The van der Waals surface area contributed by atoms with E-state index in [0.29, 0.717) is 30.8 Å². The van der Waals surface area contributed by atoms with Crippen molar-refractivity contribution in [2.75, 3.05) is 39.3 Å². The molecule has 270 valence electrons. The van der Waals surface area contributed by atoms with Gasteiger partial charge < -0.3 is 29.9 Å². The van der Waals surface area contributed by atoms with Gasteiger partial charge in [0.05, 0.1) is 0 Å². The molecule has 6 saturated heterocycles. The van der Waals surface area contributed by atoms with Crippen molar-refractivity contribution < 1.29 is 39.5 Å². The van der Waals surface area contributed by atoms with E-state index < -0.39 is 29.2 Å². The lowest BCUT2D eigenvalue weighted by atomic mass is 9.72. The van der Waals surface area contributed by atoms with Crippen LogP contribution in [0.1, 0.15) is 53.0 Å². The van der Waals surface area contributed by atoms with Crippen LogP contribution in [0, 0.1) is 11.8 Å². The molecule has 10 nitrogen and oxygen atoms in total. The summed E-state index contributed by atoms with van der Waals surface area (Å²) in [6, 6.07) is 28.0. The highest BCUT2D eigenvalue weighted by atomic mass is 16.6. The summed E-state index contributed by atoms with van der Waals surface area (Å²) in [6.07, 6.45) is 1.75. The molecule has 0 aromatic heterocycles. The average Bonchev–Trinajstić information content (AvgIpc) is 3.18. The Kier molecular flexibility index (Phi) is 9.03. The van der Waals surface area contributed by atoms with E-state index in [1.54, 1.807) is 60.7 Å². The van der Waals surface area contributed by atoms with Crippen LogP contribution < -0.4 is 0 Å². The summed E-state index contributed by atoms with van der Waals surface area (Å²) in [5.74, 6) is -1.75. The Morgan fingerprint density at radius 2 is 1.10 bits per heavy atom. The summed E-state index contributed by atoms with van der Waals surface area (Å²) < 4.78 is 12.4. The molecule has 4 bridgehead atoms. The number of aromatic hydroxyl groups is 2. The summed E-state index contributed by atoms with van der Waals surface area (Å²) in [5, 5.41) is 45.2. The van der Waals surface area contributed by atoms with Crippen molar-refractivity contribution in [3.63, 3.8) is 0 Å². The largest absolute Gasteiger partial charge is 0.508 e. The van der Waals surface area contributed by atoms with E-state index in [0.717, 1.165) is 44.5 Å². The number of hydrogen-bond acceptors (Lipinski definition) is 10. The maximum absolute atomic E-state index is 14.2. The summed E-state index contributed by atoms with van der Waals surface area (Å²) in [5.41, 5.74) is -2.41. The molecule has 4 N–H and O–H groups in total. The van der Waals surface area contributed by atoms with Gasteiger partial charge in [-0.2, -0.15) is 0 Å². The molecule has 0 saturated carbocycles. The molecule has 10 heteroatoms. The second-order valence-corrected chi connectivity index (χ2v) is 14.9. The van der Waals surface area contributed by atoms with Crippen molar-refractivity contribution in [2.45, 2.75) is 48.6 Å². The Morgan fingerprint density at radius 1 is 0.577 bits per heavy atom. The number of phenols is 2. The third-order valence-corrected chi connectivity index (χ3v) is 11.8. The lowest BCUT2D eigenvalue weighted by Gasteiger charge is -2.49. The normalized spacial score (nSPS) is 28.7. The van der Waals surface area contributed by atoms with Gasteiger partial charge in [0, 0.05) is 42.6 Å². The van der Waals surface area contributed by atoms with Gasteiger partial charge in [0.25, 0.3) is 0 Å². The van der Waals surface area contributed by atoms with Gasteiger partial charge in [0.1, 0.15) is 23.7 Å². The first-order valence-corrected chi connectivity index (χ1v) is 18.2. The lowest BCUT2D eigenvalue weighted by Crippen LogP contribution is -2.57. The zero-order valence-corrected chi connectivity index (χ0v) is 28.9. The number of phenolic OH excluding ortho intramolecular Hbond substituents is 2. The van der Waals surface area contributed by atoms with Crippen LogP contribution in [0.5, 0.6) is 11.5 Å². The SMILES string of the molecule is O=C(O[C@H]1CN2CCC1CC2)[C@](O)(c1cccc(O)c1)c1cccc(C2CN3CCC2[C@@H](OC(=O)[C@](O)(c2ccccc2)c2cccc(O)c2)C3)c1. The van der Waals surface area contributed by atoms with E-state index in [1.807, 2.05) is 18.2 Å². The lowest BCUT2D eigenvalue weighted by molar-refractivity contribution is -0.178. The number of hydrogen-bond donors (Lipinski definition) is 4. The van der Waals surface area contributed by atoms with Crippen LogP contribution in [0.25, 0.3) is 0 Å². The number of ether oxygens (including phenoxy) is 2. The molecule has 6 fully saturated rings. The number of rotatable bonds is 9. The predicted octanol–water partition coefficient (Wildman–Crippen LogP) is 4.24. The van der Waals surface area contributed by atoms with Gasteiger partial charge in [0.15, 0.2) is 0 Å². The smallest absolute Gasteiger partial charge is 0.348 e. The monoisotopic (exact) mass is 704 g/mol. The third kappa shape index (κ3) is 6.13. The molecule has 0 amide bonds. The minimum absolute atomic E-state index is 0.0778. The van der Waals surface area contributed by atoms with Crippen LogP contribution in [-0.4, -0.2) is 93.6 Å². The number of carbonyl (C=O) groups excluding carboxylic acids is 2.